The maximum atomic E-state index is 5.66. The van der Waals surface area contributed by atoms with Crippen LogP contribution in [0.4, 0.5) is 0 Å². The minimum Gasteiger partial charge on any atom is -0.373 e. The van der Waals surface area contributed by atoms with Gasteiger partial charge in [-0.15, -0.1) is 0 Å². The van der Waals surface area contributed by atoms with E-state index in [1.54, 1.807) is 0 Å². The third-order valence-corrected chi connectivity index (χ3v) is 2.44. The largest absolute Gasteiger partial charge is 0.373 e. The van der Waals surface area contributed by atoms with Gasteiger partial charge in [0.05, 0.1) is 6.10 Å². The Labute approximate surface area is 67.7 Å². The van der Waals surface area contributed by atoms with Gasteiger partial charge in [-0.2, -0.15) is 0 Å². The summed E-state index contributed by atoms with van der Waals surface area (Å²) in [7, 11) is 0. The zero-order valence-corrected chi connectivity index (χ0v) is 6.86. The number of rotatable bonds is 0. The van der Waals surface area contributed by atoms with E-state index in [1.807, 2.05) is 0 Å². The number of hydrogen-bond acceptors (Lipinski definition) is 1. The normalized spacial score (nSPS) is 42.1. The highest BCUT2D eigenvalue weighted by molar-refractivity contribution is 5.16. The van der Waals surface area contributed by atoms with Crippen LogP contribution in [0.2, 0.25) is 0 Å². The first-order chi connectivity index (χ1) is 5.36. The summed E-state index contributed by atoms with van der Waals surface area (Å²) in [5.41, 5.74) is 0. The predicted molar refractivity (Wildman–Crippen MR) is 45.3 cm³/mol. The van der Waals surface area contributed by atoms with Gasteiger partial charge in [0.2, 0.25) is 0 Å². The van der Waals surface area contributed by atoms with Crippen LogP contribution in [-0.2, 0) is 4.74 Å². The molecule has 2 rings (SSSR count). The smallest absolute Gasteiger partial charge is 0.0821 e. The van der Waals surface area contributed by atoms with Crippen LogP contribution >= 0.6 is 0 Å². The lowest BCUT2D eigenvalue weighted by molar-refractivity contribution is -0.0106. The molecule has 0 N–H and O–H groups in total. The first-order valence-corrected chi connectivity index (χ1v) is 4.33. The summed E-state index contributed by atoms with van der Waals surface area (Å²) in [6.45, 7) is 3.18. The van der Waals surface area contributed by atoms with Crippen LogP contribution in [0.5, 0.6) is 0 Å². The van der Waals surface area contributed by atoms with Crippen molar-refractivity contribution in [1.29, 1.82) is 0 Å². The lowest BCUT2D eigenvalue weighted by atomic mass is 9.86. The monoisotopic (exact) mass is 150 g/mol. The van der Waals surface area contributed by atoms with Gasteiger partial charge in [-0.25, -0.2) is 0 Å². The van der Waals surface area contributed by atoms with Crippen molar-refractivity contribution in [2.24, 2.45) is 11.8 Å². The second kappa shape index (κ2) is 2.82. The number of ether oxygens (including phenoxy) is 1. The third kappa shape index (κ3) is 1.38. The number of hydrogen-bond donors (Lipinski definition) is 0. The third-order valence-electron chi connectivity index (χ3n) is 2.44. The molecule has 11 heavy (non-hydrogen) atoms. The van der Waals surface area contributed by atoms with Crippen molar-refractivity contribution in [3.63, 3.8) is 0 Å². The summed E-state index contributed by atoms with van der Waals surface area (Å²) < 4.78 is 5.66. The van der Waals surface area contributed by atoms with Crippen LogP contribution in [0.1, 0.15) is 13.3 Å². The van der Waals surface area contributed by atoms with E-state index in [0.717, 1.165) is 12.5 Å². The summed E-state index contributed by atoms with van der Waals surface area (Å²) in [4.78, 5) is 0. The minimum absolute atomic E-state index is 0.371. The molecule has 1 aliphatic carbocycles. The van der Waals surface area contributed by atoms with E-state index in [0.29, 0.717) is 12.0 Å². The number of allylic oxidation sites excluding steroid dienone is 2. The van der Waals surface area contributed by atoms with Gasteiger partial charge < -0.3 is 4.74 Å². The minimum atomic E-state index is 0.371. The molecule has 1 aliphatic heterocycles. The SMILES string of the molecule is CC1COC2C=CC=CC2C1. The molecule has 0 bridgehead atoms. The van der Waals surface area contributed by atoms with Gasteiger partial charge in [0, 0.05) is 12.5 Å². The van der Waals surface area contributed by atoms with Crippen molar-refractivity contribution in [1.82, 2.24) is 0 Å². The van der Waals surface area contributed by atoms with Crippen molar-refractivity contribution in [2.75, 3.05) is 6.61 Å². The van der Waals surface area contributed by atoms with Crippen LogP contribution in [-0.4, -0.2) is 12.7 Å². The molecule has 60 valence electrons. The molecule has 0 aromatic heterocycles. The lowest BCUT2D eigenvalue weighted by Crippen LogP contribution is -2.31. The van der Waals surface area contributed by atoms with Crippen LogP contribution in [0.3, 0.4) is 0 Å². The quantitative estimate of drug-likeness (QED) is 0.514. The molecule has 0 aromatic carbocycles. The Kier molecular flexibility index (Phi) is 1.82. The van der Waals surface area contributed by atoms with Crippen LogP contribution < -0.4 is 0 Å². The van der Waals surface area contributed by atoms with Crippen molar-refractivity contribution in [3.8, 4) is 0 Å². The topological polar surface area (TPSA) is 9.23 Å². The molecular weight excluding hydrogens is 136 g/mol. The fourth-order valence-corrected chi connectivity index (χ4v) is 1.83. The molecule has 0 radical (unpaired) electrons. The van der Waals surface area contributed by atoms with Crippen molar-refractivity contribution in [3.05, 3.63) is 24.3 Å². The molecule has 0 spiro atoms. The molecule has 1 saturated heterocycles. The second-order valence-electron chi connectivity index (χ2n) is 3.57. The molecule has 1 nitrogen and oxygen atoms in total. The summed E-state index contributed by atoms with van der Waals surface area (Å²) in [6.07, 6.45) is 10.3. The summed E-state index contributed by atoms with van der Waals surface area (Å²) >= 11 is 0. The molecule has 2 aliphatic rings. The van der Waals surface area contributed by atoms with E-state index in [1.165, 1.54) is 6.42 Å². The van der Waals surface area contributed by atoms with Gasteiger partial charge in [-0.1, -0.05) is 31.2 Å². The Morgan fingerprint density at radius 1 is 1.27 bits per heavy atom. The molecule has 1 fully saturated rings. The highest BCUT2D eigenvalue weighted by Crippen LogP contribution is 2.28. The van der Waals surface area contributed by atoms with E-state index in [2.05, 4.69) is 31.2 Å². The van der Waals surface area contributed by atoms with Gasteiger partial charge in [-0.3, -0.25) is 0 Å². The maximum absolute atomic E-state index is 5.66. The van der Waals surface area contributed by atoms with Crippen molar-refractivity contribution >= 4 is 0 Å². The molecule has 3 unspecified atom stereocenters. The molecule has 1 heteroatoms. The van der Waals surface area contributed by atoms with Crippen molar-refractivity contribution < 1.29 is 4.74 Å². The van der Waals surface area contributed by atoms with Crippen LogP contribution in [0.15, 0.2) is 24.3 Å². The Morgan fingerprint density at radius 3 is 3.00 bits per heavy atom. The van der Waals surface area contributed by atoms with E-state index < -0.39 is 0 Å². The summed E-state index contributed by atoms with van der Waals surface area (Å²) in [5, 5.41) is 0. The molecule has 0 aromatic rings. The summed E-state index contributed by atoms with van der Waals surface area (Å²) in [5.74, 6) is 1.37. The first-order valence-electron chi connectivity index (χ1n) is 4.33. The highest BCUT2D eigenvalue weighted by Gasteiger charge is 2.26. The van der Waals surface area contributed by atoms with Crippen LogP contribution in [0, 0.1) is 11.8 Å². The molecular formula is C10H14O. The zero-order chi connectivity index (χ0) is 7.68. The van der Waals surface area contributed by atoms with Gasteiger partial charge >= 0.3 is 0 Å². The van der Waals surface area contributed by atoms with Crippen molar-refractivity contribution in [2.45, 2.75) is 19.4 Å². The van der Waals surface area contributed by atoms with Gasteiger partial charge in [0.15, 0.2) is 0 Å². The fourth-order valence-electron chi connectivity index (χ4n) is 1.83. The zero-order valence-electron chi connectivity index (χ0n) is 6.86. The standard InChI is InChI=1S/C10H14O/c1-8-6-9-4-2-3-5-10(9)11-7-8/h2-5,8-10H,6-7H2,1H3. The lowest BCUT2D eigenvalue weighted by Gasteiger charge is -2.32. The number of fused-ring (bicyclic) bond motifs is 1. The van der Waals surface area contributed by atoms with Gasteiger partial charge in [0.1, 0.15) is 0 Å². The molecule has 0 saturated carbocycles. The molecule has 3 atom stereocenters. The Hall–Kier alpha value is -0.560. The predicted octanol–water partition coefficient (Wildman–Crippen LogP) is 2.15. The second-order valence-corrected chi connectivity index (χ2v) is 3.57. The summed E-state index contributed by atoms with van der Waals surface area (Å²) in [6, 6.07) is 0. The molecule has 1 heterocycles. The fraction of sp³-hybridized carbons (Fsp3) is 0.600. The van der Waals surface area contributed by atoms with E-state index in [-0.39, 0.29) is 0 Å². The maximum Gasteiger partial charge on any atom is 0.0821 e. The van der Waals surface area contributed by atoms with Crippen LogP contribution in [0.25, 0.3) is 0 Å². The van der Waals surface area contributed by atoms with E-state index >= 15 is 0 Å². The average Bonchev–Trinajstić information content (AvgIpc) is 2.04. The molecule has 0 amide bonds. The van der Waals surface area contributed by atoms with E-state index in [4.69, 9.17) is 4.74 Å². The Bertz CT molecular complexity index is 193. The average molecular weight is 150 g/mol. The van der Waals surface area contributed by atoms with Gasteiger partial charge in [0.25, 0.3) is 0 Å². The highest BCUT2D eigenvalue weighted by atomic mass is 16.5. The Morgan fingerprint density at radius 2 is 2.09 bits per heavy atom. The Balaban J connectivity index is 2.07. The van der Waals surface area contributed by atoms with Gasteiger partial charge in [-0.05, 0) is 12.3 Å². The van der Waals surface area contributed by atoms with E-state index in [9.17, 15) is 0 Å². The first kappa shape index (κ1) is 7.11.